The first-order chi connectivity index (χ1) is 13.0. The van der Waals surface area contributed by atoms with Gasteiger partial charge in [0, 0.05) is 0 Å². The van der Waals surface area contributed by atoms with Crippen molar-refractivity contribution in [2.45, 2.75) is 25.4 Å². The van der Waals surface area contributed by atoms with Crippen LogP contribution in [0.5, 0.6) is 5.75 Å². The number of hydrogen-bond donors (Lipinski definition) is 1. The van der Waals surface area contributed by atoms with Gasteiger partial charge in [-0.1, -0.05) is 18.2 Å². The number of hydrogen-bond acceptors (Lipinski definition) is 3. The molecule has 2 aromatic carbocycles. The van der Waals surface area contributed by atoms with E-state index in [1.54, 1.807) is 0 Å². The summed E-state index contributed by atoms with van der Waals surface area (Å²) in [4.78, 5) is 11.8. The highest BCUT2D eigenvalue weighted by atomic mass is 19.4. The minimum atomic E-state index is -4.66. The lowest BCUT2D eigenvalue weighted by atomic mass is 10.2. The summed E-state index contributed by atoms with van der Waals surface area (Å²) in [5, 5.41) is 1.99. The molecule has 1 amide bonds. The standard InChI is InChI=1S/C18H15F6NO3/c1-11(10-27-13-6-4-5-12(9-13)17(19,20)21)28-16(26)25-15-8-3-2-7-14(15)18(22,23)24/h2-9,11H,10H2,1H3,(H,25,26). The summed E-state index contributed by atoms with van der Waals surface area (Å²) in [6, 6.07) is 8.45. The average Bonchev–Trinajstić information content (AvgIpc) is 2.59. The van der Waals surface area contributed by atoms with E-state index in [-0.39, 0.29) is 12.4 Å². The quantitative estimate of drug-likeness (QED) is 0.643. The predicted molar refractivity (Wildman–Crippen MR) is 87.9 cm³/mol. The van der Waals surface area contributed by atoms with Crippen molar-refractivity contribution < 1.29 is 40.6 Å². The molecule has 0 bridgehead atoms. The fourth-order valence-corrected chi connectivity index (χ4v) is 2.17. The Kier molecular flexibility index (Phi) is 6.42. The highest BCUT2D eigenvalue weighted by molar-refractivity contribution is 5.85. The molecular formula is C18H15F6NO3. The lowest BCUT2D eigenvalue weighted by molar-refractivity contribution is -0.138. The maximum Gasteiger partial charge on any atom is 0.418 e. The molecule has 0 aromatic heterocycles. The van der Waals surface area contributed by atoms with Gasteiger partial charge in [0.15, 0.2) is 0 Å². The third-order valence-corrected chi connectivity index (χ3v) is 3.42. The normalized spacial score (nSPS) is 13.0. The highest BCUT2D eigenvalue weighted by Crippen LogP contribution is 2.34. The number of halogens is 6. The first-order valence-corrected chi connectivity index (χ1v) is 7.90. The SMILES string of the molecule is CC(COc1cccc(C(F)(F)F)c1)OC(=O)Nc1ccccc1C(F)(F)F. The molecule has 10 heteroatoms. The van der Waals surface area contributed by atoms with Crippen LogP contribution in [0.4, 0.5) is 36.8 Å². The lowest BCUT2D eigenvalue weighted by Crippen LogP contribution is -2.26. The summed E-state index contributed by atoms with van der Waals surface area (Å²) < 4.78 is 86.7. The van der Waals surface area contributed by atoms with Crippen molar-refractivity contribution in [3.8, 4) is 5.75 Å². The summed E-state index contributed by atoms with van der Waals surface area (Å²) >= 11 is 0. The molecule has 0 aliphatic heterocycles. The lowest BCUT2D eigenvalue weighted by Gasteiger charge is -2.17. The Balaban J connectivity index is 1.92. The van der Waals surface area contributed by atoms with E-state index in [1.165, 1.54) is 25.1 Å². The molecular weight excluding hydrogens is 392 g/mol. The van der Waals surface area contributed by atoms with Crippen molar-refractivity contribution in [3.63, 3.8) is 0 Å². The van der Waals surface area contributed by atoms with Gasteiger partial charge in [0.2, 0.25) is 0 Å². The fourth-order valence-electron chi connectivity index (χ4n) is 2.17. The van der Waals surface area contributed by atoms with Crippen molar-refractivity contribution in [3.05, 3.63) is 59.7 Å². The van der Waals surface area contributed by atoms with Crippen molar-refractivity contribution in [1.29, 1.82) is 0 Å². The fraction of sp³-hybridized carbons (Fsp3) is 0.278. The minimum Gasteiger partial charge on any atom is -0.490 e. The van der Waals surface area contributed by atoms with Crippen LogP contribution in [0.25, 0.3) is 0 Å². The molecule has 28 heavy (non-hydrogen) atoms. The van der Waals surface area contributed by atoms with Crippen molar-refractivity contribution in [2.24, 2.45) is 0 Å². The average molecular weight is 407 g/mol. The van der Waals surface area contributed by atoms with Gasteiger partial charge in [0.25, 0.3) is 0 Å². The van der Waals surface area contributed by atoms with E-state index >= 15 is 0 Å². The monoisotopic (exact) mass is 407 g/mol. The predicted octanol–water partition coefficient (Wildman–Crippen LogP) is 5.74. The molecule has 0 radical (unpaired) electrons. The summed E-state index contributed by atoms with van der Waals surface area (Å²) in [7, 11) is 0. The topological polar surface area (TPSA) is 47.6 Å². The van der Waals surface area contributed by atoms with Crippen molar-refractivity contribution >= 4 is 11.8 Å². The largest absolute Gasteiger partial charge is 0.490 e. The number of benzene rings is 2. The van der Waals surface area contributed by atoms with E-state index in [0.717, 1.165) is 30.3 Å². The van der Waals surface area contributed by atoms with E-state index < -0.39 is 41.4 Å². The third-order valence-electron chi connectivity index (χ3n) is 3.42. The van der Waals surface area contributed by atoms with Crippen LogP contribution < -0.4 is 10.1 Å². The number of para-hydroxylation sites is 1. The van der Waals surface area contributed by atoms with E-state index in [2.05, 4.69) is 0 Å². The number of rotatable bonds is 5. The van der Waals surface area contributed by atoms with Crippen LogP contribution in [-0.2, 0) is 17.1 Å². The van der Waals surface area contributed by atoms with Gasteiger partial charge in [-0.15, -0.1) is 0 Å². The summed E-state index contributed by atoms with van der Waals surface area (Å²) in [5.41, 5.74) is -2.43. The summed E-state index contributed by atoms with van der Waals surface area (Å²) in [5.74, 6) is -0.0897. The second-order valence-electron chi connectivity index (χ2n) is 5.72. The molecule has 2 rings (SSSR count). The van der Waals surface area contributed by atoms with Crippen LogP contribution in [-0.4, -0.2) is 18.8 Å². The number of amides is 1. The second-order valence-corrected chi connectivity index (χ2v) is 5.72. The third kappa shape index (κ3) is 6.07. The molecule has 152 valence electrons. The van der Waals surface area contributed by atoms with Gasteiger partial charge in [-0.2, -0.15) is 26.3 Å². The first-order valence-electron chi connectivity index (χ1n) is 7.90. The van der Waals surface area contributed by atoms with E-state index in [0.29, 0.717) is 0 Å². The van der Waals surface area contributed by atoms with Crippen molar-refractivity contribution in [1.82, 2.24) is 0 Å². The second kappa shape index (κ2) is 8.41. The number of anilines is 1. The van der Waals surface area contributed by atoms with E-state index in [1.807, 2.05) is 5.32 Å². The Morgan fingerprint density at radius 2 is 1.68 bits per heavy atom. The number of nitrogens with one attached hydrogen (secondary N) is 1. The molecule has 0 fully saturated rings. The molecule has 0 aliphatic rings. The Morgan fingerprint density at radius 1 is 1.00 bits per heavy atom. The molecule has 0 saturated carbocycles. The number of alkyl halides is 6. The van der Waals surface area contributed by atoms with E-state index in [9.17, 15) is 31.1 Å². The molecule has 2 aromatic rings. The van der Waals surface area contributed by atoms with Crippen LogP contribution in [0.15, 0.2) is 48.5 Å². The Labute approximate surface area is 156 Å². The zero-order chi connectivity index (χ0) is 20.9. The van der Waals surface area contributed by atoms with E-state index in [4.69, 9.17) is 9.47 Å². The molecule has 0 spiro atoms. The van der Waals surface area contributed by atoms with Gasteiger partial charge in [0.05, 0.1) is 16.8 Å². The zero-order valence-corrected chi connectivity index (χ0v) is 14.4. The molecule has 1 N–H and O–H groups in total. The van der Waals surface area contributed by atoms with Crippen LogP contribution in [0.2, 0.25) is 0 Å². The smallest absolute Gasteiger partial charge is 0.418 e. The van der Waals surface area contributed by atoms with Gasteiger partial charge in [-0.05, 0) is 37.3 Å². The number of carbonyl (C=O) groups excluding carboxylic acids is 1. The summed E-state index contributed by atoms with van der Waals surface area (Å²) in [6.07, 6.45) is -11.3. The Hall–Kier alpha value is -2.91. The molecule has 0 aliphatic carbocycles. The molecule has 0 heterocycles. The first kappa shape index (κ1) is 21.4. The maximum atomic E-state index is 12.9. The molecule has 4 nitrogen and oxygen atoms in total. The highest BCUT2D eigenvalue weighted by Gasteiger charge is 2.34. The minimum absolute atomic E-state index is 0.0897. The van der Waals surface area contributed by atoms with Crippen LogP contribution in [0, 0.1) is 0 Å². The van der Waals surface area contributed by atoms with Gasteiger partial charge >= 0.3 is 18.4 Å². The van der Waals surface area contributed by atoms with Crippen LogP contribution in [0.1, 0.15) is 18.1 Å². The van der Waals surface area contributed by atoms with Crippen LogP contribution in [0.3, 0.4) is 0 Å². The Bertz CT molecular complexity index is 819. The van der Waals surface area contributed by atoms with Crippen LogP contribution >= 0.6 is 0 Å². The van der Waals surface area contributed by atoms with Gasteiger partial charge in [-0.25, -0.2) is 4.79 Å². The van der Waals surface area contributed by atoms with Gasteiger partial charge < -0.3 is 9.47 Å². The Morgan fingerprint density at radius 3 is 2.32 bits per heavy atom. The number of carbonyl (C=O) groups is 1. The zero-order valence-electron chi connectivity index (χ0n) is 14.4. The molecule has 0 saturated heterocycles. The van der Waals surface area contributed by atoms with Gasteiger partial charge in [0.1, 0.15) is 18.5 Å². The van der Waals surface area contributed by atoms with Crippen molar-refractivity contribution in [2.75, 3.05) is 11.9 Å². The number of ether oxygens (including phenoxy) is 2. The molecule has 1 atom stereocenters. The maximum absolute atomic E-state index is 12.9. The molecule has 1 unspecified atom stereocenters. The summed E-state index contributed by atoms with van der Waals surface area (Å²) in [6.45, 7) is 1.08. The van der Waals surface area contributed by atoms with Gasteiger partial charge in [-0.3, -0.25) is 5.32 Å².